The van der Waals surface area contributed by atoms with Crippen molar-refractivity contribution in [3.8, 4) is 11.5 Å². The van der Waals surface area contributed by atoms with Gasteiger partial charge in [0.15, 0.2) is 17.2 Å². The summed E-state index contributed by atoms with van der Waals surface area (Å²) in [5.74, 6) is -1.92. The third-order valence-electron chi connectivity index (χ3n) is 2.78. The first kappa shape index (κ1) is 12.1. The Bertz CT molecular complexity index is 878. The maximum absolute atomic E-state index is 11.3. The van der Waals surface area contributed by atoms with Gasteiger partial charge < -0.3 is 13.9 Å². The van der Waals surface area contributed by atoms with Gasteiger partial charge >= 0.3 is 11.8 Å². The van der Waals surface area contributed by atoms with Gasteiger partial charge in [0.1, 0.15) is 5.69 Å². The highest BCUT2D eigenvalue weighted by Crippen LogP contribution is 2.26. The lowest BCUT2D eigenvalue weighted by Gasteiger charge is -2.04. The van der Waals surface area contributed by atoms with Gasteiger partial charge in [-0.2, -0.15) is 0 Å². The van der Waals surface area contributed by atoms with E-state index >= 15 is 0 Å². The summed E-state index contributed by atoms with van der Waals surface area (Å²) in [6.45, 7) is 1.50. The van der Waals surface area contributed by atoms with E-state index in [1.807, 2.05) is 0 Å². The van der Waals surface area contributed by atoms with E-state index in [0.29, 0.717) is 11.0 Å². The van der Waals surface area contributed by atoms with Crippen LogP contribution in [0.3, 0.4) is 0 Å². The molecule has 20 heavy (non-hydrogen) atoms. The van der Waals surface area contributed by atoms with Crippen molar-refractivity contribution in [2.24, 2.45) is 0 Å². The van der Waals surface area contributed by atoms with Crippen LogP contribution in [0.4, 0.5) is 0 Å². The number of rotatable bonds is 2. The van der Waals surface area contributed by atoms with Crippen LogP contribution in [0, 0.1) is 6.92 Å². The number of nitrogens with zero attached hydrogens (tertiary/aromatic N) is 2. The fourth-order valence-electron chi connectivity index (χ4n) is 1.90. The molecule has 0 spiro atoms. The Kier molecular flexibility index (Phi) is 2.60. The highest BCUT2D eigenvalue weighted by molar-refractivity contribution is 5.98. The van der Waals surface area contributed by atoms with Crippen LogP contribution in [0.25, 0.3) is 22.5 Å². The molecule has 1 N–H and O–H groups in total. The standard InChI is InChI=1S/C13H8N2O5/c1-6-10(20-13(18)19-6)9-8(12(16)17)5-7-3-2-4-14-11(7)15-9/h2-5H,1H3,(H,16,17). The third-order valence-corrected chi connectivity index (χ3v) is 2.78. The van der Waals surface area contributed by atoms with Crippen LogP contribution in [0.1, 0.15) is 16.1 Å². The van der Waals surface area contributed by atoms with Crippen molar-refractivity contribution in [1.82, 2.24) is 9.97 Å². The van der Waals surface area contributed by atoms with E-state index in [9.17, 15) is 14.7 Å². The summed E-state index contributed by atoms with van der Waals surface area (Å²) in [5.41, 5.74) is 0.293. The average molecular weight is 272 g/mol. The van der Waals surface area contributed by atoms with E-state index < -0.39 is 11.8 Å². The number of pyridine rings is 2. The van der Waals surface area contributed by atoms with Crippen LogP contribution in [0.15, 0.2) is 38.0 Å². The summed E-state index contributed by atoms with van der Waals surface area (Å²) in [6.07, 6.45) is 1.54. The summed E-state index contributed by atoms with van der Waals surface area (Å²) >= 11 is 0. The second kappa shape index (κ2) is 4.30. The lowest BCUT2D eigenvalue weighted by molar-refractivity contribution is 0.0697. The molecular weight excluding hydrogens is 264 g/mol. The van der Waals surface area contributed by atoms with Gasteiger partial charge in [-0.3, -0.25) is 0 Å². The maximum atomic E-state index is 11.3. The summed E-state index contributed by atoms with van der Waals surface area (Å²) in [4.78, 5) is 30.7. The molecule has 3 rings (SSSR count). The van der Waals surface area contributed by atoms with Crippen molar-refractivity contribution in [1.29, 1.82) is 0 Å². The van der Waals surface area contributed by atoms with E-state index in [1.54, 1.807) is 12.1 Å². The molecule has 0 atom stereocenters. The quantitative estimate of drug-likeness (QED) is 0.758. The van der Waals surface area contributed by atoms with Crippen molar-refractivity contribution in [3.05, 3.63) is 46.3 Å². The molecule has 0 radical (unpaired) electrons. The number of aromatic nitrogens is 2. The maximum Gasteiger partial charge on any atom is 0.519 e. The Morgan fingerprint density at radius 3 is 2.80 bits per heavy atom. The molecule has 100 valence electrons. The SMILES string of the molecule is Cc1oc(=O)oc1-c1nc2ncccc2cc1C(=O)O. The van der Waals surface area contributed by atoms with Gasteiger partial charge in [0.05, 0.1) is 5.56 Å². The molecule has 0 fully saturated rings. The Morgan fingerprint density at radius 2 is 2.15 bits per heavy atom. The lowest BCUT2D eigenvalue weighted by atomic mass is 10.1. The first-order valence-electron chi connectivity index (χ1n) is 5.66. The fourth-order valence-corrected chi connectivity index (χ4v) is 1.90. The topological polar surface area (TPSA) is 106 Å². The van der Waals surface area contributed by atoms with E-state index in [1.165, 1.54) is 19.2 Å². The van der Waals surface area contributed by atoms with Gasteiger partial charge in [-0.05, 0) is 25.1 Å². The van der Waals surface area contributed by atoms with Crippen molar-refractivity contribution in [2.45, 2.75) is 6.92 Å². The van der Waals surface area contributed by atoms with Crippen molar-refractivity contribution in [3.63, 3.8) is 0 Å². The Hall–Kier alpha value is -2.96. The minimum Gasteiger partial charge on any atom is -0.478 e. The van der Waals surface area contributed by atoms with Gasteiger partial charge in [-0.25, -0.2) is 19.6 Å². The zero-order valence-electron chi connectivity index (χ0n) is 10.3. The number of aryl methyl sites for hydroxylation is 1. The van der Waals surface area contributed by atoms with E-state index in [4.69, 9.17) is 8.83 Å². The van der Waals surface area contributed by atoms with E-state index in [2.05, 4.69) is 9.97 Å². The number of hydrogen-bond acceptors (Lipinski definition) is 6. The molecule has 3 heterocycles. The predicted molar refractivity (Wildman–Crippen MR) is 67.5 cm³/mol. The van der Waals surface area contributed by atoms with Crippen molar-refractivity contribution < 1.29 is 18.7 Å². The fraction of sp³-hybridized carbons (Fsp3) is 0.0769. The molecule has 0 aliphatic rings. The number of fused-ring (bicyclic) bond motifs is 1. The van der Waals surface area contributed by atoms with Crippen molar-refractivity contribution >= 4 is 17.0 Å². The van der Waals surface area contributed by atoms with Crippen molar-refractivity contribution in [2.75, 3.05) is 0 Å². The highest BCUT2D eigenvalue weighted by Gasteiger charge is 2.21. The molecule has 0 unspecified atom stereocenters. The molecule has 7 nitrogen and oxygen atoms in total. The monoisotopic (exact) mass is 272 g/mol. The first-order chi connectivity index (χ1) is 9.56. The molecule has 0 bridgehead atoms. The minimum absolute atomic E-state index is 0.0000435. The summed E-state index contributed by atoms with van der Waals surface area (Å²) in [7, 11) is 0. The Morgan fingerprint density at radius 1 is 1.35 bits per heavy atom. The number of hydrogen-bond donors (Lipinski definition) is 1. The Balaban J connectivity index is 2.38. The number of carboxylic acid groups (broad SMARTS) is 1. The van der Waals surface area contributed by atoms with Gasteiger partial charge in [0, 0.05) is 11.6 Å². The number of carbonyl (C=O) groups is 1. The molecule has 3 aromatic heterocycles. The minimum atomic E-state index is -1.18. The average Bonchev–Trinajstić information content (AvgIpc) is 2.76. The van der Waals surface area contributed by atoms with Crippen LogP contribution in [0.5, 0.6) is 0 Å². The molecule has 0 aliphatic carbocycles. The van der Waals surface area contributed by atoms with Crippen LogP contribution in [-0.4, -0.2) is 21.0 Å². The van der Waals surface area contributed by atoms with Gasteiger partial charge in [-0.1, -0.05) is 0 Å². The van der Waals surface area contributed by atoms with Crippen LogP contribution in [0.2, 0.25) is 0 Å². The molecule has 0 saturated carbocycles. The first-order valence-corrected chi connectivity index (χ1v) is 5.66. The number of aromatic carboxylic acids is 1. The summed E-state index contributed by atoms with van der Waals surface area (Å²) in [6, 6.07) is 4.81. The van der Waals surface area contributed by atoms with Crippen LogP contribution < -0.4 is 5.82 Å². The molecule has 0 aliphatic heterocycles. The summed E-state index contributed by atoms with van der Waals surface area (Å²) < 4.78 is 9.60. The zero-order chi connectivity index (χ0) is 14.3. The second-order valence-electron chi connectivity index (χ2n) is 4.08. The van der Waals surface area contributed by atoms with Gasteiger partial charge in [0.2, 0.25) is 0 Å². The predicted octanol–water partition coefficient (Wildman–Crippen LogP) is 1.85. The van der Waals surface area contributed by atoms with Gasteiger partial charge in [-0.15, -0.1) is 0 Å². The number of carboxylic acids is 1. The molecular formula is C13H8N2O5. The molecule has 0 aromatic carbocycles. The van der Waals surface area contributed by atoms with Gasteiger partial charge in [0.25, 0.3) is 0 Å². The summed E-state index contributed by atoms with van der Waals surface area (Å²) in [5, 5.41) is 9.85. The zero-order valence-corrected chi connectivity index (χ0v) is 10.3. The van der Waals surface area contributed by atoms with E-state index in [0.717, 1.165) is 0 Å². The van der Waals surface area contributed by atoms with E-state index in [-0.39, 0.29) is 22.8 Å². The normalized spacial score (nSPS) is 10.8. The van der Waals surface area contributed by atoms with Crippen LogP contribution in [-0.2, 0) is 0 Å². The second-order valence-corrected chi connectivity index (χ2v) is 4.08. The Labute approximate surface area is 111 Å². The smallest absolute Gasteiger partial charge is 0.478 e. The molecule has 0 saturated heterocycles. The molecule has 7 heteroatoms. The largest absolute Gasteiger partial charge is 0.519 e. The molecule has 0 amide bonds. The third kappa shape index (κ3) is 1.85. The highest BCUT2D eigenvalue weighted by atomic mass is 16.6. The molecule has 3 aromatic rings. The lowest BCUT2D eigenvalue weighted by Crippen LogP contribution is -2.03. The van der Waals surface area contributed by atoms with Crippen LogP contribution >= 0.6 is 0 Å².